The van der Waals surface area contributed by atoms with Gasteiger partial charge in [-0.3, -0.25) is 4.79 Å². The van der Waals surface area contributed by atoms with Gasteiger partial charge < -0.3 is 14.8 Å². The van der Waals surface area contributed by atoms with Crippen molar-refractivity contribution in [2.24, 2.45) is 0 Å². The van der Waals surface area contributed by atoms with Crippen LogP contribution in [0.15, 0.2) is 42.5 Å². The molecule has 1 amide bonds. The fourth-order valence-electron chi connectivity index (χ4n) is 2.83. The molecule has 152 valence electrons. The lowest BCUT2D eigenvalue weighted by molar-refractivity contribution is -0.128. The minimum absolute atomic E-state index is 0.0930. The topological polar surface area (TPSA) is 47.6 Å². The molecule has 0 spiro atoms. The van der Waals surface area contributed by atoms with Crippen LogP contribution in [0.5, 0.6) is 11.5 Å². The number of carbonyl (C=O) groups is 1. The number of benzene rings is 2. The van der Waals surface area contributed by atoms with E-state index in [9.17, 15) is 4.79 Å². The van der Waals surface area contributed by atoms with Gasteiger partial charge in [-0.15, -0.1) is 0 Å². The molecule has 1 unspecified atom stereocenters. The molecular formula is C24H33NO3. The van der Waals surface area contributed by atoms with E-state index >= 15 is 0 Å². The molecule has 2 aromatic rings. The second-order valence-electron chi connectivity index (χ2n) is 8.20. The summed E-state index contributed by atoms with van der Waals surface area (Å²) in [5.41, 5.74) is 3.57. The smallest absolute Gasteiger partial charge is 0.261 e. The molecule has 28 heavy (non-hydrogen) atoms. The fraction of sp³-hybridized carbons (Fsp3) is 0.458. The van der Waals surface area contributed by atoms with E-state index in [-0.39, 0.29) is 11.3 Å². The second-order valence-corrected chi connectivity index (χ2v) is 8.20. The largest absolute Gasteiger partial charge is 0.491 e. The van der Waals surface area contributed by atoms with Crippen LogP contribution >= 0.6 is 0 Å². The van der Waals surface area contributed by atoms with Crippen molar-refractivity contribution >= 4 is 5.91 Å². The van der Waals surface area contributed by atoms with Crippen molar-refractivity contribution < 1.29 is 14.3 Å². The first-order chi connectivity index (χ1) is 13.2. The third-order valence-electron chi connectivity index (χ3n) is 4.66. The van der Waals surface area contributed by atoms with E-state index in [1.54, 1.807) is 0 Å². The van der Waals surface area contributed by atoms with Crippen LogP contribution in [0.2, 0.25) is 0 Å². The molecule has 4 heteroatoms. The highest BCUT2D eigenvalue weighted by atomic mass is 16.5. The Bertz CT molecular complexity index is 775. The molecule has 1 N–H and O–H groups in total. The monoisotopic (exact) mass is 383 g/mol. The van der Waals surface area contributed by atoms with Gasteiger partial charge in [0.15, 0.2) is 6.10 Å². The fourth-order valence-corrected chi connectivity index (χ4v) is 2.83. The van der Waals surface area contributed by atoms with Crippen LogP contribution in [0.25, 0.3) is 0 Å². The van der Waals surface area contributed by atoms with E-state index < -0.39 is 6.10 Å². The third kappa shape index (κ3) is 6.29. The van der Waals surface area contributed by atoms with Crippen molar-refractivity contribution in [2.45, 2.75) is 59.5 Å². The van der Waals surface area contributed by atoms with Gasteiger partial charge in [-0.05, 0) is 60.6 Å². The summed E-state index contributed by atoms with van der Waals surface area (Å²) < 4.78 is 11.7. The summed E-state index contributed by atoms with van der Waals surface area (Å²) in [5.74, 6) is 1.45. The van der Waals surface area contributed by atoms with Gasteiger partial charge in [0, 0.05) is 0 Å². The molecule has 0 bridgehead atoms. The van der Waals surface area contributed by atoms with Crippen molar-refractivity contribution in [3.05, 3.63) is 59.2 Å². The Balaban J connectivity index is 1.83. The van der Waals surface area contributed by atoms with E-state index in [0.717, 1.165) is 16.9 Å². The summed E-state index contributed by atoms with van der Waals surface area (Å²) in [4.78, 5) is 12.4. The number of hydrogen-bond acceptors (Lipinski definition) is 3. The average Bonchev–Trinajstić information content (AvgIpc) is 2.65. The lowest BCUT2D eigenvalue weighted by Gasteiger charge is -2.21. The zero-order chi connectivity index (χ0) is 20.7. The highest BCUT2D eigenvalue weighted by molar-refractivity contribution is 5.81. The molecule has 0 aliphatic rings. The van der Waals surface area contributed by atoms with Gasteiger partial charge in [0.2, 0.25) is 0 Å². The van der Waals surface area contributed by atoms with E-state index in [2.05, 4.69) is 44.3 Å². The van der Waals surface area contributed by atoms with Gasteiger partial charge in [0.05, 0.1) is 6.54 Å². The molecule has 0 aliphatic carbocycles. The standard InChI is InChI=1S/C24H33NO3/c1-7-21(28-20-12-10-19(11-13-20)24(4,5)6)23(26)25-14-15-27-22-16-17(2)8-9-18(22)3/h8-13,16,21H,7,14-15H2,1-6H3,(H,25,26). The molecule has 2 aromatic carbocycles. The molecule has 0 saturated heterocycles. The van der Waals surface area contributed by atoms with Crippen LogP contribution in [0.3, 0.4) is 0 Å². The lowest BCUT2D eigenvalue weighted by atomic mass is 9.87. The zero-order valence-corrected chi connectivity index (χ0v) is 18.0. The molecule has 0 aliphatic heterocycles. The maximum atomic E-state index is 12.4. The van der Waals surface area contributed by atoms with Crippen LogP contribution in [-0.4, -0.2) is 25.2 Å². The number of rotatable bonds is 8. The van der Waals surface area contributed by atoms with Crippen molar-refractivity contribution in [2.75, 3.05) is 13.2 Å². The third-order valence-corrected chi connectivity index (χ3v) is 4.66. The average molecular weight is 384 g/mol. The highest BCUT2D eigenvalue weighted by Crippen LogP contribution is 2.25. The number of amides is 1. The van der Waals surface area contributed by atoms with Crippen molar-refractivity contribution in [3.8, 4) is 11.5 Å². The van der Waals surface area contributed by atoms with E-state index in [1.165, 1.54) is 5.56 Å². The summed E-state index contributed by atoms with van der Waals surface area (Å²) in [6.45, 7) is 13.4. The van der Waals surface area contributed by atoms with E-state index in [0.29, 0.717) is 25.3 Å². The van der Waals surface area contributed by atoms with E-state index in [4.69, 9.17) is 9.47 Å². The molecule has 1 atom stereocenters. The maximum Gasteiger partial charge on any atom is 0.261 e. The number of ether oxygens (including phenoxy) is 2. The normalized spacial score (nSPS) is 12.4. The van der Waals surface area contributed by atoms with Gasteiger partial charge in [-0.25, -0.2) is 0 Å². The minimum Gasteiger partial charge on any atom is -0.491 e. The Morgan fingerprint density at radius 1 is 1.07 bits per heavy atom. The van der Waals surface area contributed by atoms with Gasteiger partial charge in [0.1, 0.15) is 18.1 Å². The number of nitrogens with one attached hydrogen (secondary N) is 1. The first kappa shape index (κ1) is 21.8. The van der Waals surface area contributed by atoms with Gasteiger partial charge in [0.25, 0.3) is 5.91 Å². The molecule has 0 heterocycles. The Morgan fingerprint density at radius 2 is 1.75 bits per heavy atom. The van der Waals surface area contributed by atoms with Gasteiger partial charge >= 0.3 is 0 Å². The summed E-state index contributed by atoms with van der Waals surface area (Å²) in [5, 5.41) is 2.90. The number of aryl methyl sites for hydroxylation is 2. The molecule has 0 radical (unpaired) electrons. The first-order valence-corrected chi connectivity index (χ1v) is 9.95. The second kappa shape index (κ2) is 9.63. The SMILES string of the molecule is CCC(Oc1ccc(C(C)(C)C)cc1)C(=O)NCCOc1cc(C)ccc1C. The van der Waals surface area contributed by atoms with Crippen LogP contribution in [0.1, 0.15) is 50.8 Å². The van der Waals surface area contributed by atoms with Gasteiger partial charge in [-0.2, -0.15) is 0 Å². The summed E-state index contributed by atoms with van der Waals surface area (Å²) in [6.07, 6.45) is 0.0891. The summed E-state index contributed by atoms with van der Waals surface area (Å²) in [6, 6.07) is 14.1. The molecule has 0 fully saturated rings. The number of carbonyl (C=O) groups excluding carboxylic acids is 1. The molecule has 4 nitrogen and oxygen atoms in total. The maximum absolute atomic E-state index is 12.4. The Hall–Kier alpha value is -2.49. The Labute approximate surface area is 169 Å². The number of hydrogen-bond donors (Lipinski definition) is 1. The molecule has 0 aromatic heterocycles. The van der Waals surface area contributed by atoms with Gasteiger partial charge in [-0.1, -0.05) is 52.0 Å². The minimum atomic E-state index is -0.513. The van der Waals surface area contributed by atoms with Crippen molar-refractivity contribution in [1.29, 1.82) is 0 Å². The predicted octanol–water partition coefficient (Wildman–Crippen LogP) is 4.95. The Morgan fingerprint density at radius 3 is 2.36 bits per heavy atom. The van der Waals surface area contributed by atoms with Crippen molar-refractivity contribution in [1.82, 2.24) is 5.32 Å². The Kier molecular flexibility index (Phi) is 7.50. The molecular weight excluding hydrogens is 350 g/mol. The lowest BCUT2D eigenvalue weighted by Crippen LogP contribution is -2.39. The summed E-state index contributed by atoms with van der Waals surface area (Å²) >= 11 is 0. The molecule has 2 rings (SSSR count). The predicted molar refractivity (Wildman–Crippen MR) is 114 cm³/mol. The van der Waals surface area contributed by atoms with Crippen LogP contribution in [0.4, 0.5) is 0 Å². The van der Waals surface area contributed by atoms with Crippen LogP contribution in [-0.2, 0) is 10.2 Å². The molecule has 0 saturated carbocycles. The summed E-state index contributed by atoms with van der Waals surface area (Å²) in [7, 11) is 0. The first-order valence-electron chi connectivity index (χ1n) is 9.95. The van der Waals surface area contributed by atoms with E-state index in [1.807, 2.05) is 45.0 Å². The highest BCUT2D eigenvalue weighted by Gasteiger charge is 2.19. The van der Waals surface area contributed by atoms with Crippen LogP contribution in [0, 0.1) is 13.8 Å². The van der Waals surface area contributed by atoms with Crippen molar-refractivity contribution in [3.63, 3.8) is 0 Å². The quantitative estimate of drug-likeness (QED) is 0.656. The zero-order valence-electron chi connectivity index (χ0n) is 18.0. The van der Waals surface area contributed by atoms with Crippen LogP contribution < -0.4 is 14.8 Å².